The van der Waals surface area contributed by atoms with E-state index in [2.05, 4.69) is 31.7 Å². The maximum Gasteiger partial charge on any atom is 0.166 e. The highest BCUT2D eigenvalue weighted by molar-refractivity contribution is 5.67. The monoisotopic (exact) mass is 316 g/mol. The van der Waals surface area contributed by atoms with E-state index in [1.54, 1.807) is 18.2 Å². The van der Waals surface area contributed by atoms with Crippen LogP contribution in [0.25, 0.3) is 5.57 Å². The Bertz CT molecular complexity index is 596. The van der Waals surface area contributed by atoms with Gasteiger partial charge in [-0.2, -0.15) is 0 Å². The van der Waals surface area contributed by atoms with Gasteiger partial charge in [-0.25, -0.2) is 8.78 Å². The lowest BCUT2D eigenvalue weighted by Gasteiger charge is -2.20. The van der Waals surface area contributed by atoms with Crippen molar-refractivity contribution >= 4 is 5.57 Å². The molecule has 124 valence electrons. The largest absolute Gasteiger partial charge is 0.203 e. The fourth-order valence-corrected chi connectivity index (χ4v) is 3.02. The minimum absolute atomic E-state index is 0.431. The molecule has 0 nitrogen and oxygen atoms in total. The Kier molecular flexibility index (Phi) is 6.76. The van der Waals surface area contributed by atoms with Crippen molar-refractivity contribution in [2.24, 2.45) is 5.92 Å². The van der Waals surface area contributed by atoms with Crippen LogP contribution < -0.4 is 0 Å². The van der Waals surface area contributed by atoms with Crippen LogP contribution in [0, 0.1) is 17.6 Å². The summed E-state index contributed by atoms with van der Waals surface area (Å²) in [5.74, 6) is -0.863. The third-order valence-corrected chi connectivity index (χ3v) is 4.44. The fourth-order valence-electron chi connectivity index (χ4n) is 3.02. The Labute approximate surface area is 138 Å². The molecule has 0 fully saturated rings. The van der Waals surface area contributed by atoms with Gasteiger partial charge in [0, 0.05) is 5.56 Å². The molecular weight excluding hydrogens is 290 g/mol. The molecule has 23 heavy (non-hydrogen) atoms. The van der Waals surface area contributed by atoms with Crippen LogP contribution in [0.15, 0.2) is 43.0 Å². The van der Waals surface area contributed by atoms with Gasteiger partial charge in [0.1, 0.15) is 0 Å². The lowest BCUT2D eigenvalue weighted by molar-refractivity contribution is 0.494. The van der Waals surface area contributed by atoms with Crippen molar-refractivity contribution < 1.29 is 8.78 Å². The van der Waals surface area contributed by atoms with Crippen molar-refractivity contribution in [3.8, 4) is 0 Å². The second-order valence-corrected chi connectivity index (χ2v) is 6.21. The summed E-state index contributed by atoms with van der Waals surface area (Å²) in [7, 11) is 0. The Morgan fingerprint density at radius 2 is 2.04 bits per heavy atom. The molecule has 0 radical (unpaired) electrons. The van der Waals surface area contributed by atoms with Gasteiger partial charge >= 0.3 is 0 Å². The molecule has 0 aliphatic heterocycles. The average molecular weight is 316 g/mol. The number of aryl methyl sites for hydroxylation is 1. The zero-order valence-corrected chi connectivity index (χ0v) is 14.0. The molecule has 1 aliphatic carbocycles. The van der Waals surface area contributed by atoms with E-state index in [0.717, 1.165) is 37.7 Å². The summed E-state index contributed by atoms with van der Waals surface area (Å²) in [6.45, 7) is 5.79. The molecule has 0 N–H and O–H groups in total. The number of unbranched alkanes of at least 4 members (excludes halogenated alkanes) is 1. The van der Waals surface area contributed by atoms with Crippen LogP contribution in [0.2, 0.25) is 0 Å². The first-order valence-corrected chi connectivity index (χ1v) is 8.61. The predicted octanol–water partition coefficient (Wildman–Crippen LogP) is 6.62. The third kappa shape index (κ3) is 4.63. The predicted molar refractivity (Wildman–Crippen MR) is 94.2 cm³/mol. The highest BCUT2D eigenvalue weighted by Crippen LogP contribution is 2.33. The van der Waals surface area contributed by atoms with E-state index in [-0.39, 0.29) is 0 Å². The van der Waals surface area contributed by atoms with Gasteiger partial charge in [0.2, 0.25) is 0 Å². The van der Waals surface area contributed by atoms with Crippen LogP contribution in [-0.2, 0) is 6.42 Å². The zero-order chi connectivity index (χ0) is 16.7. The summed E-state index contributed by atoms with van der Waals surface area (Å²) in [5.41, 5.74) is 1.81. The van der Waals surface area contributed by atoms with E-state index in [1.807, 2.05) is 0 Å². The first kappa shape index (κ1) is 17.7. The first-order valence-electron chi connectivity index (χ1n) is 8.61. The molecule has 0 spiro atoms. The first-order chi connectivity index (χ1) is 11.2. The molecule has 1 aromatic carbocycles. The molecular formula is C21H26F2. The van der Waals surface area contributed by atoms with Crippen LogP contribution in [0.5, 0.6) is 0 Å². The van der Waals surface area contributed by atoms with Gasteiger partial charge in [0.15, 0.2) is 11.6 Å². The standard InChI is InChI=1S/C21H26F2/c1-3-5-7-8-16-10-12-17(13-11-16)19-15-14-18(9-6-4-2)20(22)21(19)23/h4,7-8,12,14-16H,2-3,5-6,9-11,13H2,1H3/b8-7+. The van der Waals surface area contributed by atoms with Crippen LogP contribution in [0.4, 0.5) is 8.78 Å². The van der Waals surface area contributed by atoms with Gasteiger partial charge in [-0.3, -0.25) is 0 Å². The molecule has 1 unspecified atom stereocenters. The van der Waals surface area contributed by atoms with Gasteiger partial charge in [-0.15, -0.1) is 6.58 Å². The normalized spacial score (nSPS) is 18.2. The second-order valence-electron chi connectivity index (χ2n) is 6.21. The number of hydrogen-bond donors (Lipinski definition) is 0. The van der Waals surface area contributed by atoms with Gasteiger partial charge in [0.05, 0.1) is 0 Å². The molecule has 1 atom stereocenters. The van der Waals surface area contributed by atoms with E-state index >= 15 is 0 Å². The van der Waals surface area contributed by atoms with Gasteiger partial charge in [-0.05, 0) is 55.6 Å². The van der Waals surface area contributed by atoms with Crippen molar-refractivity contribution in [1.29, 1.82) is 0 Å². The molecule has 1 aliphatic rings. The summed E-state index contributed by atoms with van der Waals surface area (Å²) < 4.78 is 28.5. The fraction of sp³-hybridized carbons (Fsp3) is 0.429. The Hall–Kier alpha value is -1.70. The van der Waals surface area contributed by atoms with Crippen LogP contribution in [-0.4, -0.2) is 0 Å². The van der Waals surface area contributed by atoms with Crippen LogP contribution >= 0.6 is 0 Å². The SMILES string of the molecule is C=CCCc1ccc(C2=CCC(/C=C/CCC)CC2)c(F)c1F. The minimum atomic E-state index is -0.699. The number of halogens is 2. The van der Waals surface area contributed by atoms with Crippen LogP contribution in [0.1, 0.15) is 56.6 Å². The zero-order valence-electron chi connectivity index (χ0n) is 14.0. The molecule has 0 bridgehead atoms. The minimum Gasteiger partial charge on any atom is -0.203 e. The topological polar surface area (TPSA) is 0 Å². The highest BCUT2D eigenvalue weighted by Gasteiger charge is 2.19. The summed E-state index contributed by atoms with van der Waals surface area (Å²) in [6, 6.07) is 3.45. The van der Waals surface area contributed by atoms with Crippen molar-refractivity contribution in [2.75, 3.05) is 0 Å². The molecule has 2 rings (SSSR count). The van der Waals surface area contributed by atoms with Crippen molar-refractivity contribution in [3.05, 3.63) is 65.8 Å². The van der Waals surface area contributed by atoms with Crippen molar-refractivity contribution in [2.45, 2.75) is 51.9 Å². The number of rotatable bonds is 7. The molecule has 2 heteroatoms. The molecule has 0 aromatic heterocycles. The molecule has 0 saturated carbocycles. The third-order valence-electron chi connectivity index (χ3n) is 4.44. The Morgan fingerprint density at radius 1 is 1.22 bits per heavy atom. The van der Waals surface area contributed by atoms with E-state index in [9.17, 15) is 8.78 Å². The summed E-state index contributed by atoms with van der Waals surface area (Å²) in [4.78, 5) is 0. The van der Waals surface area contributed by atoms with Gasteiger partial charge < -0.3 is 0 Å². The van der Waals surface area contributed by atoms with E-state index < -0.39 is 11.6 Å². The van der Waals surface area contributed by atoms with Gasteiger partial charge in [-0.1, -0.05) is 49.8 Å². The van der Waals surface area contributed by atoms with Crippen molar-refractivity contribution in [3.63, 3.8) is 0 Å². The molecule has 0 amide bonds. The lowest BCUT2D eigenvalue weighted by Crippen LogP contribution is -2.05. The van der Waals surface area contributed by atoms with Gasteiger partial charge in [0.25, 0.3) is 0 Å². The summed E-state index contributed by atoms with van der Waals surface area (Å²) in [6.07, 6.45) is 14.5. The molecule has 0 saturated heterocycles. The average Bonchev–Trinajstić information content (AvgIpc) is 2.57. The Balaban J connectivity index is 2.10. The number of hydrogen-bond acceptors (Lipinski definition) is 0. The molecule has 0 heterocycles. The Morgan fingerprint density at radius 3 is 2.70 bits per heavy atom. The van der Waals surface area contributed by atoms with E-state index in [4.69, 9.17) is 0 Å². The maximum absolute atomic E-state index is 14.4. The lowest BCUT2D eigenvalue weighted by atomic mass is 9.85. The second kappa shape index (κ2) is 8.81. The van der Waals surface area contributed by atoms with E-state index in [0.29, 0.717) is 29.9 Å². The quantitative estimate of drug-likeness (QED) is 0.496. The smallest absolute Gasteiger partial charge is 0.166 e. The summed E-state index contributed by atoms with van der Waals surface area (Å²) in [5, 5.41) is 0. The number of allylic oxidation sites excluding steroid dienone is 5. The summed E-state index contributed by atoms with van der Waals surface area (Å²) >= 11 is 0. The maximum atomic E-state index is 14.4. The number of benzene rings is 1. The van der Waals surface area contributed by atoms with Crippen molar-refractivity contribution in [1.82, 2.24) is 0 Å². The molecule has 1 aromatic rings. The highest BCUT2D eigenvalue weighted by atomic mass is 19.2. The van der Waals surface area contributed by atoms with Crippen LogP contribution in [0.3, 0.4) is 0 Å². The van der Waals surface area contributed by atoms with E-state index in [1.165, 1.54) is 0 Å².